The highest BCUT2D eigenvalue weighted by molar-refractivity contribution is 8.68. The van der Waals surface area contributed by atoms with Crippen LogP contribution in [0, 0.1) is 23.3 Å². The zero-order valence-corrected chi connectivity index (χ0v) is 8.11. The lowest BCUT2D eigenvalue weighted by atomic mass is 10.2. The van der Waals surface area contributed by atoms with Crippen LogP contribution in [-0.4, -0.2) is 0 Å². The van der Waals surface area contributed by atoms with E-state index in [2.05, 4.69) is 11.7 Å². The average molecular weight is 246 g/mol. The van der Waals surface area contributed by atoms with Crippen molar-refractivity contribution >= 4 is 22.5 Å². The Morgan fingerprint density at radius 2 is 1.64 bits per heavy atom. The molecule has 0 radical (unpaired) electrons. The standard InChI is InChI=1S/C7H3F5S2/c8-3-1-2(7(12)14-13)4(9)6(11)5(3)10/h1,7,13H. The van der Waals surface area contributed by atoms with Gasteiger partial charge in [0.2, 0.25) is 0 Å². The van der Waals surface area contributed by atoms with Crippen LogP contribution in [0.1, 0.15) is 11.1 Å². The van der Waals surface area contributed by atoms with Gasteiger partial charge in [-0.15, -0.1) is 11.7 Å². The second-order valence-corrected chi connectivity index (χ2v) is 3.57. The van der Waals surface area contributed by atoms with Gasteiger partial charge in [0.1, 0.15) is 0 Å². The highest BCUT2D eigenvalue weighted by atomic mass is 33.1. The Balaban J connectivity index is 3.33. The molecule has 7 heteroatoms. The first-order valence-electron chi connectivity index (χ1n) is 3.26. The maximum absolute atomic E-state index is 12.8. The molecular formula is C7H3F5S2. The molecule has 1 aromatic carbocycles. The summed E-state index contributed by atoms with van der Waals surface area (Å²) < 4.78 is 63.1. The van der Waals surface area contributed by atoms with Crippen molar-refractivity contribution in [2.24, 2.45) is 0 Å². The molecule has 0 saturated carbocycles. The highest BCUT2D eigenvalue weighted by Gasteiger charge is 2.23. The second-order valence-electron chi connectivity index (χ2n) is 2.31. The van der Waals surface area contributed by atoms with Crippen LogP contribution < -0.4 is 0 Å². The highest BCUT2D eigenvalue weighted by Crippen LogP contribution is 2.35. The Morgan fingerprint density at radius 3 is 2.14 bits per heavy atom. The van der Waals surface area contributed by atoms with E-state index >= 15 is 0 Å². The van der Waals surface area contributed by atoms with Crippen molar-refractivity contribution in [2.45, 2.75) is 5.50 Å². The quantitative estimate of drug-likeness (QED) is 0.272. The predicted molar refractivity (Wildman–Crippen MR) is 46.7 cm³/mol. The van der Waals surface area contributed by atoms with Crippen LogP contribution >= 0.6 is 22.5 Å². The van der Waals surface area contributed by atoms with Crippen molar-refractivity contribution < 1.29 is 22.0 Å². The molecule has 0 amide bonds. The van der Waals surface area contributed by atoms with Gasteiger partial charge in [0.05, 0.1) is 0 Å². The summed E-state index contributed by atoms with van der Waals surface area (Å²) in [6.07, 6.45) is 0. The zero-order valence-electron chi connectivity index (χ0n) is 6.40. The Bertz CT molecular complexity index is 354. The molecule has 0 saturated heterocycles. The molecule has 0 bridgehead atoms. The number of hydrogen-bond acceptors (Lipinski definition) is 2. The first-order valence-corrected chi connectivity index (χ1v) is 5.19. The molecule has 0 aromatic heterocycles. The fraction of sp³-hybridized carbons (Fsp3) is 0.143. The van der Waals surface area contributed by atoms with E-state index in [0.29, 0.717) is 0 Å². The lowest BCUT2D eigenvalue weighted by Crippen LogP contribution is -2.01. The number of hydrogen-bond donors (Lipinski definition) is 1. The fourth-order valence-corrected chi connectivity index (χ4v) is 1.44. The van der Waals surface area contributed by atoms with E-state index in [-0.39, 0.29) is 16.9 Å². The summed E-state index contributed by atoms with van der Waals surface area (Å²) in [6.45, 7) is 0. The molecule has 0 fully saturated rings. The second kappa shape index (κ2) is 4.39. The van der Waals surface area contributed by atoms with Gasteiger partial charge in [-0.05, 0) is 6.07 Å². The molecule has 78 valence electrons. The van der Waals surface area contributed by atoms with E-state index < -0.39 is 34.3 Å². The number of alkyl halides is 1. The van der Waals surface area contributed by atoms with Crippen LogP contribution in [0.25, 0.3) is 0 Å². The molecule has 0 spiro atoms. The van der Waals surface area contributed by atoms with Crippen molar-refractivity contribution in [3.8, 4) is 0 Å². The van der Waals surface area contributed by atoms with Gasteiger partial charge in [-0.1, -0.05) is 10.8 Å². The number of halogens is 5. The van der Waals surface area contributed by atoms with E-state index in [4.69, 9.17) is 0 Å². The summed E-state index contributed by atoms with van der Waals surface area (Å²) in [5, 5.41) is 0. The van der Waals surface area contributed by atoms with Gasteiger partial charge in [0.15, 0.2) is 28.8 Å². The van der Waals surface area contributed by atoms with Gasteiger partial charge in [-0.3, -0.25) is 0 Å². The topological polar surface area (TPSA) is 0 Å². The van der Waals surface area contributed by atoms with Crippen molar-refractivity contribution in [2.75, 3.05) is 0 Å². The van der Waals surface area contributed by atoms with Crippen LogP contribution in [0.15, 0.2) is 6.07 Å². The number of rotatable bonds is 2. The van der Waals surface area contributed by atoms with Gasteiger partial charge in [0.25, 0.3) is 0 Å². The van der Waals surface area contributed by atoms with Gasteiger partial charge in [-0.2, -0.15) is 0 Å². The molecule has 14 heavy (non-hydrogen) atoms. The lowest BCUT2D eigenvalue weighted by Gasteiger charge is -2.07. The van der Waals surface area contributed by atoms with Crippen molar-refractivity contribution in [3.63, 3.8) is 0 Å². The van der Waals surface area contributed by atoms with E-state index in [0.717, 1.165) is 0 Å². The fourth-order valence-electron chi connectivity index (χ4n) is 0.813. The largest absolute Gasteiger partial charge is 0.229 e. The Hall–Kier alpha value is -0.430. The molecule has 0 aliphatic heterocycles. The summed E-state index contributed by atoms with van der Waals surface area (Å²) in [4.78, 5) is 0. The Kier molecular flexibility index (Phi) is 3.65. The van der Waals surface area contributed by atoms with Gasteiger partial charge in [0, 0.05) is 5.56 Å². The summed E-state index contributed by atoms with van der Waals surface area (Å²) in [5.74, 6) is -7.35. The smallest absolute Gasteiger partial charge is 0.197 e. The molecule has 0 aliphatic rings. The van der Waals surface area contributed by atoms with E-state index in [1.54, 1.807) is 0 Å². The summed E-state index contributed by atoms with van der Waals surface area (Å²) in [6, 6.07) is 0.266. The van der Waals surface area contributed by atoms with Crippen LogP contribution in [-0.2, 0) is 0 Å². The minimum Gasteiger partial charge on any atom is -0.229 e. The minimum atomic E-state index is -2.05. The van der Waals surface area contributed by atoms with Crippen LogP contribution in [0.4, 0.5) is 22.0 Å². The third kappa shape index (κ3) is 1.98. The molecule has 0 heterocycles. The van der Waals surface area contributed by atoms with E-state index in [1.807, 2.05) is 0 Å². The summed E-state index contributed by atoms with van der Waals surface area (Å²) >= 11 is 3.40. The Labute approximate surface area is 85.3 Å². The molecule has 0 N–H and O–H groups in total. The number of benzene rings is 1. The number of thiol groups is 1. The first kappa shape index (κ1) is 11.6. The third-order valence-corrected chi connectivity index (χ3v) is 2.46. The SMILES string of the molecule is Fc1cc(C(F)SS)c(F)c(F)c1F. The third-order valence-electron chi connectivity index (χ3n) is 1.47. The molecule has 1 aromatic rings. The first-order chi connectivity index (χ1) is 6.49. The van der Waals surface area contributed by atoms with Crippen molar-refractivity contribution in [3.05, 3.63) is 34.9 Å². The lowest BCUT2D eigenvalue weighted by molar-refractivity contribution is 0.385. The van der Waals surface area contributed by atoms with Crippen molar-refractivity contribution in [1.29, 1.82) is 0 Å². The molecule has 1 unspecified atom stereocenters. The maximum atomic E-state index is 12.8. The minimum absolute atomic E-state index is 0.247. The van der Waals surface area contributed by atoms with E-state index in [9.17, 15) is 22.0 Å². The summed E-state index contributed by atoms with van der Waals surface area (Å²) in [7, 11) is 0.247. The molecule has 1 atom stereocenters. The van der Waals surface area contributed by atoms with Gasteiger partial charge >= 0.3 is 0 Å². The normalized spacial score (nSPS) is 13.0. The maximum Gasteiger partial charge on any atom is 0.197 e. The van der Waals surface area contributed by atoms with Crippen LogP contribution in [0.5, 0.6) is 0 Å². The zero-order chi connectivity index (χ0) is 10.9. The molecule has 0 nitrogen and oxygen atoms in total. The monoisotopic (exact) mass is 246 g/mol. The molecular weight excluding hydrogens is 243 g/mol. The molecule has 0 aliphatic carbocycles. The molecule has 1 rings (SSSR count). The van der Waals surface area contributed by atoms with Gasteiger partial charge in [-0.25, -0.2) is 22.0 Å². The van der Waals surface area contributed by atoms with Crippen LogP contribution in [0.2, 0.25) is 0 Å². The summed E-state index contributed by atoms with van der Waals surface area (Å²) in [5.41, 5.74) is -2.95. The van der Waals surface area contributed by atoms with Crippen LogP contribution in [0.3, 0.4) is 0 Å². The Morgan fingerprint density at radius 1 is 1.07 bits per heavy atom. The predicted octanol–water partition coefficient (Wildman–Crippen LogP) is 3.79. The van der Waals surface area contributed by atoms with Crippen molar-refractivity contribution in [1.82, 2.24) is 0 Å². The van der Waals surface area contributed by atoms with E-state index in [1.165, 1.54) is 0 Å². The average Bonchev–Trinajstić information content (AvgIpc) is 2.19. The van der Waals surface area contributed by atoms with Gasteiger partial charge < -0.3 is 0 Å².